The second kappa shape index (κ2) is 9.43. The minimum atomic E-state index is -1.86. The third-order valence-electron chi connectivity index (χ3n) is 5.80. The summed E-state index contributed by atoms with van der Waals surface area (Å²) in [6.45, 7) is 3.60. The van der Waals surface area contributed by atoms with Gasteiger partial charge in [-0.05, 0) is 25.0 Å². The van der Waals surface area contributed by atoms with Gasteiger partial charge in [-0.1, -0.05) is 55.5 Å². The van der Waals surface area contributed by atoms with Gasteiger partial charge >= 0.3 is 11.9 Å². The number of anilines is 1. The van der Waals surface area contributed by atoms with Gasteiger partial charge in [0.15, 0.2) is 0 Å². The molecule has 2 aromatic rings. The number of amides is 1. The first-order chi connectivity index (χ1) is 16.4. The Labute approximate surface area is 197 Å². The summed E-state index contributed by atoms with van der Waals surface area (Å²) in [4.78, 5) is 40.5. The minimum Gasteiger partial charge on any atom is -0.462 e. The van der Waals surface area contributed by atoms with Crippen molar-refractivity contribution in [1.29, 1.82) is 0 Å². The van der Waals surface area contributed by atoms with Crippen LogP contribution < -0.4 is 11.1 Å². The summed E-state index contributed by atoms with van der Waals surface area (Å²) >= 11 is 0. The van der Waals surface area contributed by atoms with E-state index in [9.17, 15) is 14.4 Å². The topological polar surface area (TPSA) is 117 Å². The summed E-state index contributed by atoms with van der Waals surface area (Å²) in [7, 11) is 0. The molecule has 176 valence electrons. The number of fused-ring (bicyclic) bond motifs is 2. The van der Waals surface area contributed by atoms with Gasteiger partial charge in [0.2, 0.25) is 11.8 Å². The number of allylic oxidation sites excluding steroid dienone is 1. The summed E-state index contributed by atoms with van der Waals surface area (Å²) in [5, 5.41) is 2.79. The standard InChI is InChI=1S/C26H26N2O6/c1-3-10-19-20(23(29)32-4-2)26(17-13-8-9-14-18(17)28-25(26)31)21(22(27)34-19)24(30)33-15-16-11-6-5-7-12-16/h5-9,11-14H,3-4,10,15,27H2,1-2H3,(H,28,31). The van der Waals surface area contributed by atoms with Crippen molar-refractivity contribution in [2.45, 2.75) is 38.7 Å². The molecule has 0 aliphatic carbocycles. The van der Waals surface area contributed by atoms with E-state index in [-0.39, 0.29) is 36.0 Å². The number of rotatable bonds is 7. The Hall–Kier alpha value is -4.07. The smallest absolute Gasteiger partial charge is 0.341 e. The van der Waals surface area contributed by atoms with Gasteiger partial charge in [0.1, 0.15) is 28.9 Å². The predicted octanol–water partition coefficient (Wildman–Crippen LogP) is 3.44. The molecule has 0 fully saturated rings. The molecule has 4 rings (SSSR count). The maximum absolute atomic E-state index is 13.7. The monoisotopic (exact) mass is 462 g/mol. The summed E-state index contributed by atoms with van der Waals surface area (Å²) in [6, 6.07) is 15.9. The van der Waals surface area contributed by atoms with Crippen LogP contribution in [0.15, 0.2) is 77.4 Å². The second-order valence-electron chi connectivity index (χ2n) is 7.92. The van der Waals surface area contributed by atoms with Crippen LogP contribution in [-0.4, -0.2) is 24.5 Å². The molecule has 2 aromatic carbocycles. The molecule has 1 atom stereocenters. The van der Waals surface area contributed by atoms with Crippen molar-refractivity contribution >= 4 is 23.5 Å². The Kier molecular flexibility index (Phi) is 6.40. The Morgan fingerprint density at radius 3 is 2.35 bits per heavy atom. The van der Waals surface area contributed by atoms with Gasteiger partial charge in [-0.15, -0.1) is 0 Å². The lowest BCUT2D eigenvalue weighted by molar-refractivity contribution is -0.144. The van der Waals surface area contributed by atoms with E-state index in [1.165, 1.54) is 0 Å². The summed E-state index contributed by atoms with van der Waals surface area (Å²) in [5.41, 5.74) is 5.75. The zero-order valence-electron chi connectivity index (χ0n) is 19.1. The second-order valence-corrected chi connectivity index (χ2v) is 7.92. The van der Waals surface area contributed by atoms with Crippen LogP contribution in [0.25, 0.3) is 0 Å². The summed E-state index contributed by atoms with van der Waals surface area (Å²) in [5.74, 6) is -2.28. The fourth-order valence-corrected chi connectivity index (χ4v) is 4.43. The Bertz CT molecular complexity index is 1200. The number of hydrogen-bond acceptors (Lipinski definition) is 7. The first-order valence-corrected chi connectivity index (χ1v) is 11.2. The molecule has 2 heterocycles. The van der Waals surface area contributed by atoms with Crippen molar-refractivity contribution in [2.24, 2.45) is 5.73 Å². The third kappa shape index (κ3) is 3.71. The maximum Gasteiger partial charge on any atom is 0.341 e. The molecule has 0 aromatic heterocycles. The highest BCUT2D eigenvalue weighted by Gasteiger charge is 2.62. The largest absolute Gasteiger partial charge is 0.462 e. The first kappa shape index (κ1) is 23.1. The van der Waals surface area contributed by atoms with Gasteiger partial charge in [-0.3, -0.25) is 4.79 Å². The van der Waals surface area contributed by atoms with Crippen LogP contribution in [0.3, 0.4) is 0 Å². The molecular weight excluding hydrogens is 436 g/mol. The van der Waals surface area contributed by atoms with Crippen molar-refractivity contribution < 1.29 is 28.6 Å². The van der Waals surface area contributed by atoms with E-state index in [2.05, 4.69) is 5.32 Å². The lowest BCUT2D eigenvalue weighted by atomic mass is 9.67. The molecule has 2 aliphatic rings. The highest BCUT2D eigenvalue weighted by Crippen LogP contribution is 2.53. The number of nitrogens with two attached hydrogens (primary N) is 1. The van der Waals surface area contributed by atoms with Crippen LogP contribution in [0.2, 0.25) is 0 Å². The molecule has 0 saturated heterocycles. The normalized spacial score (nSPS) is 18.9. The van der Waals surface area contributed by atoms with Gasteiger partial charge in [-0.2, -0.15) is 0 Å². The Balaban J connectivity index is 1.90. The fraction of sp³-hybridized carbons (Fsp3) is 0.269. The number of para-hydroxylation sites is 1. The highest BCUT2D eigenvalue weighted by atomic mass is 16.5. The molecule has 34 heavy (non-hydrogen) atoms. The molecule has 2 aliphatic heterocycles. The number of carbonyl (C=O) groups excluding carboxylic acids is 3. The fourth-order valence-electron chi connectivity index (χ4n) is 4.43. The van der Waals surface area contributed by atoms with E-state index >= 15 is 0 Å². The predicted molar refractivity (Wildman–Crippen MR) is 124 cm³/mol. The lowest BCUT2D eigenvalue weighted by Gasteiger charge is -2.36. The van der Waals surface area contributed by atoms with Crippen molar-refractivity contribution in [1.82, 2.24) is 0 Å². The minimum absolute atomic E-state index is 0.0456. The van der Waals surface area contributed by atoms with Crippen LogP contribution in [0.5, 0.6) is 0 Å². The maximum atomic E-state index is 13.7. The zero-order valence-corrected chi connectivity index (χ0v) is 19.1. The van der Waals surface area contributed by atoms with Crippen LogP contribution >= 0.6 is 0 Å². The van der Waals surface area contributed by atoms with Crippen molar-refractivity contribution in [3.8, 4) is 0 Å². The molecule has 8 heteroatoms. The van der Waals surface area contributed by atoms with Gasteiger partial charge < -0.3 is 25.3 Å². The number of hydrogen-bond donors (Lipinski definition) is 2. The van der Waals surface area contributed by atoms with Gasteiger partial charge in [0, 0.05) is 17.7 Å². The number of esters is 2. The first-order valence-electron chi connectivity index (χ1n) is 11.2. The molecule has 1 spiro atoms. The Morgan fingerprint density at radius 2 is 1.65 bits per heavy atom. The van der Waals surface area contributed by atoms with E-state index in [0.29, 0.717) is 24.1 Å². The van der Waals surface area contributed by atoms with E-state index in [0.717, 1.165) is 5.56 Å². The van der Waals surface area contributed by atoms with Gasteiger partial charge in [0.05, 0.1) is 6.61 Å². The molecule has 0 bridgehead atoms. The van der Waals surface area contributed by atoms with Crippen molar-refractivity contribution in [3.63, 3.8) is 0 Å². The SMILES string of the molecule is CCCC1=C(C(=O)OCC)C2(C(=O)Nc3ccccc32)C(C(=O)OCc2ccccc2)=C(N)O1. The summed E-state index contributed by atoms with van der Waals surface area (Å²) < 4.78 is 16.7. The average Bonchev–Trinajstić information content (AvgIpc) is 3.10. The van der Waals surface area contributed by atoms with Crippen LogP contribution in [0.1, 0.15) is 37.8 Å². The molecule has 0 saturated carbocycles. The molecule has 0 radical (unpaired) electrons. The van der Waals surface area contributed by atoms with Crippen LogP contribution in [-0.2, 0) is 40.6 Å². The lowest BCUT2D eigenvalue weighted by Crippen LogP contribution is -2.48. The van der Waals surface area contributed by atoms with E-state index < -0.39 is 23.3 Å². The zero-order chi connectivity index (χ0) is 24.3. The molecule has 8 nitrogen and oxygen atoms in total. The summed E-state index contributed by atoms with van der Waals surface area (Å²) in [6.07, 6.45) is 0.928. The number of benzene rings is 2. The molecule has 1 amide bonds. The van der Waals surface area contributed by atoms with Crippen molar-refractivity contribution in [3.05, 3.63) is 88.5 Å². The van der Waals surface area contributed by atoms with Crippen LogP contribution in [0.4, 0.5) is 5.69 Å². The number of ether oxygens (including phenoxy) is 3. The number of carbonyl (C=O) groups is 3. The van der Waals surface area contributed by atoms with E-state index in [4.69, 9.17) is 19.9 Å². The van der Waals surface area contributed by atoms with Crippen molar-refractivity contribution in [2.75, 3.05) is 11.9 Å². The van der Waals surface area contributed by atoms with Gasteiger partial charge in [0.25, 0.3) is 0 Å². The average molecular weight is 463 g/mol. The van der Waals surface area contributed by atoms with Gasteiger partial charge in [-0.25, -0.2) is 9.59 Å². The highest BCUT2D eigenvalue weighted by molar-refractivity contribution is 6.21. The molecule has 3 N–H and O–H groups in total. The molecular formula is C26H26N2O6. The number of nitrogens with one attached hydrogen (secondary N) is 1. The van der Waals surface area contributed by atoms with E-state index in [1.54, 1.807) is 43.3 Å². The Morgan fingerprint density at radius 1 is 0.971 bits per heavy atom. The van der Waals surface area contributed by atoms with E-state index in [1.807, 2.05) is 25.1 Å². The molecule has 1 unspecified atom stereocenters. The third-order valence-corrected chi connectivity index (χ3v) is 5.80. The quantitative estimate of drug-likeness (QED) is 0.606. The van der Waals surface area contributed by atoms with Crippen LogP contribution in [0, 0.1) is 0 Å².